The van der Waals surface area contributed by atoms with Gasteiger partial charge >= 0.3 is 0 Å². The van der Waals surface area contributed by atoms with E-state index < -0.39 is 5.25 Å². The third kappa shape index (κ3) is 7.09. The number of carbonyl (C=O) groups is 2. The second-order valence-electron chi connectivity index (χ2n) is 6.54. The van der Waals surface area contributed by atoms with E-state index in [4.69, 9.17) is 0 Å². The zero-order valence-electron chi connectivity index (χ0n) is 17.3. The fraction of sp³-hybridized carbons (Fsp3) is 0.273. The highest BCUT2D eigenvalue weighted by molar-refractivity contribution is 8.00. The Kier molecular flexibility index (Phi) is 8.93. The van der Waals surface area contributed by atoms with Gasteiger partial charge in [-0.05, 0) is 35.9 Å². The minimum absolute atomic E-state index is 0.0148. The molecule has 2 aromatic carbocycles. The summed E-state index contributed by atoms with van der Waals surface area (Å²) in [7, 11) is 0. The fourth-order valence-electron chi connectivity index (χ4n) is 2.75. The molecule has 31 heavy (non-hydrogen) atoms. The van der Waals surface area contributed by atoms with Crippen LogP contribution in [0.3, 0.4) is 0 Å². The quantitative estimate of drug-likeness (QED) is 0.360. The van der Waals surface area contributed by atoms with E-state index in [1.165, 1.54) is 35.1 Å². The second-order valence-corrected chi connectivity index (χ2v) is 9.70. The summed E-state index contributed by atoms with van der Waals surface area (Å²) in [4.78, 5) is 30.4. The summed E-state index contributed by atoms with van der Waals surface area (Å²) in [5, 5.41) is 6.49. The van der Waals surface area contributed by atoms with Gasteiger partial charge in [0.05, 0.1) is 0 Å². The van der Waals surface area contributed by atoms with Crippen LogP contribution in [0.4, 0.5) is 10.8 Å². The molecule has 0 aliphatic carbocycles. The topological polar surface area (TPSA) is 84.0 Å². The Balaban J connectivity index is 1.78. The molecular formula is C22H24N4O2S3. The van der Waals surface area contributed by atoms with Gasteiger partial charge in [-0.25, -0.2) is 0 Å². The predicted molar refractivity (Wildman–Crippen MR) is 130 cm³/mol. The monoisotopic (exact) mass is 472 g/mol. The Morgan fingerprint density at radius 3 is 2.61 bits per heavy atom. The van der Waals surface area contributed by atoms with Gasteiger partial charge in [0, 0.05) is 28.5 Å². The first-order valence-electron chi connectivity index (χ1n) is 9.98. The van der Waals surface area contributed by atoms with Crippen molar-refractivity contribution in [1.82, 2.24) is 9.36 Å². The Morgan fingerprint density at radius 1 is 1.06 bits per heavy atom. The molecule has 0 saturated heterocycles. The number of carbonyl (C=O) groups excluding carboxylic acids is 2. The zero-order chi connectivity index (χ0) is 22.1. The molecule has 6 nitrogen and oxygen atoms in total. The van der Waals surface area contributed by atoms with Crippen LogP contribution in [-0.4, -0.2) is 26.9 Å². The number of nitrogens with zero attached hydrogens (tertiary/aromatic N) is 2. The van der Waals surface area contributed by atoms with E-state index in [0.717, 1.165) is 28.3 Å². The maximum atomic E-state index is 13.2. The van der Waals surface area contributed by atoms with Crippen LogP contribution in [0.15, 0.2) is 64.6 Å². The Hall–Kier alpha value is -2.36. The van der Waals surface area contributed by atoms with Gasteiger partial charge in [0.1, 0.15) is 5.25 Å². The third-order valence-corrected chi connectivity index (χ3v) is 6.82. The number of aromatic nitrogens is 2. The summed E-state index contributed by atoms with van der Waals surface area (Å²) in [5.74, 6) is 0.692. The van der Waals surface area contributed by atoms with Crippen molar-refractivity contribution < 1.29 is 9.59 Å². The van der Waals surface area contributed by atoms with Crippen LogP contribution in [0.25, 0.3) is 0 Å². The van der Waals surface area contributed by atoms with Crippen LogP contribution >= 0.6 is 35.1 Å². The Labute approximate surface area is 194 Å². The summed E-state index contributed by atoms with van der Waals surface area (Å²) in [6, 6.07) is 17.2. The van der Waals surface area contributed by atoms with Crippen LogP contribution < -0.4 is 10.6 Å². The van der Waals surface area contributed by atoms with Crippen LogP contribution in [0.5, 0.6) is 0 Å². The van der Waals surface area contributed by atoms with E-state index in [1.807, 2.05) is 68.4 Å². The molecule has 3 aromatic rings. The molecule has 2 amide bonds. The molecule has 3 rings (SSSR count). The molecule has 1 aromatic heterocycles. The molecule has 9 heteroatoms. The summed E-state index contributed by atoms with van der Waals surface area (Å²) in [6.07, 6.45) is 1.27. The summed E-state index contributed by atoms with van der Waals surface area (Å²) < 4.78 is 4.26. The van der Waals surface area contributed by atoms with E-state index in [1.54, 1.807) is 0 Å². The minimum Gasteiger partial charge on any atom is -0.326 e. The Bertz CT molecular complexity index is 1010. The summed E-state index contributed by atoms with van der Waals surface area (Å²) >= 11 is 4.15. The van der Waals surface area contributed by atoms with Crippen molar-refractivity contribution in [1.29, 1.82) is 0 Å². The van der Waals surface area contributed by atoms with Crippen LogP contribution in [0.1, 0.15) is 37.5 Å². The number of hydrogen-bond donors (Lipinski definition) is 2. The molecule has 1 heterocycles. The highest BCUT2D eigenvalue weighted by atomic mass is 32.2. The van der Waals surface area contributed by atoms with Crippen molar-refractivity contribution in [2.75, 3.05) is 16.4 Å². The third-order valence-electron chi connectivity index (χ3n) is 4.10. The molecule has 0 bridgehead atoms. The van der Waals surface area contributed by atoms with Crippen LogP contribution in [0, 0.1) is 0 Å². The van der Waals surface area contributed by atoms with E-state index >= 15 is 0 Å². The molecule has 162 valence electrons. The normalized spacial score (nSPS) is 11.7. The van der Waals surface area contributed by atoms with Gasteiger partial charge in [-0.2, -0.15) is 9.36 Å². The molecule has 0 aliphatic heterocycles. The molecule has 1 atom stereocenters. The lowest BCUT2D eigenvalue weighted by Gasteiger charge is -2.16. The van der Waals surface area contributed by atoms with Crippen LogP contribution in [0.2, 0.25) is 0 Å². The maximum Gasteiger partial charge on any atom is 0.244 e. The van der Waals surface area contributed by atoms with Gasteiger partial charge < -0.3 is 5.32 Å². The van der Waals surface area contributed by atoms with Crippen molar-refractivity contribution in [3.63, 3.8) is 0 Å². The average Bonchev–Trinajstić information content (AvgIpc) is 3.20. The van der Waals surface area contributed by atoms with Gasteiger partial charge in [0.15, 0.2) is 0 Å². The molecule has 2 N–H and O–H groups in total. The number of nitrogens with one attached hydrogen (secondary N) is 2. The van der Waals surface area contributed by atoms with Gasteiger partial charge in [-0.15, -0.1) is 11.8 Å². The van der Waals surface area contributed by atoms with E-state index in [0.29, 0.717) is 16.7 Å². The molecular weight excluding hydrogens is 448 g/mol. The van der Waals surface area contributed by atoms with Crippen molar-refractivity contribution in [3.8, 4) is 0 Å². The number of hydrogen-bond acceptors (Lipinski definition) is 7. The number of anilines is 2. The minimum atomic E-state index is -0.478. The zero-order valence-corrected chi connectivity index (χ0v) is 19.8. The smallest absolute Gasteiger partial charge is 0.244 e. The number of rotatable bonds is 10. The predicted octanol–water partition coefficient (Wildman–Crippen LogP) is 5.86. The van der Waals surface area contributed by atoms with E-state index in [9.17, 15) is 9.59 Å². The lowest BCUT2D eigenvalue weighted by Crippen LogP contribution is -2.19. The summed E-state index contributed by atoms with van der Waals surface area (Å²) in [5.41, 5.74) is 1.61. The molecule has 0 fully saturated rings. The van der Waals surface area contributed by atoms with Gasteiger partial charge in [0.25, 0.3) is 0 Å². The number of thioether (sulfide) groups is 2. The van der Waals surface area contributed by atoms with Crippen LogP contribution in [-0.2, 0) is 9.59 Å². The van der Waals surface area contributed by atoms with Crippen molar-refractivity contribution in [2.45, 2.75) is 42.0 Å². The van der Waals surface area contributed by atoms with Gasteiger partial charge in [-0.1, -0.05) is 62.0 Å². The van der Waals surface area contributed by atoms with Crippen molar-refractivity contribution in [2.24, 2.45) is 0 Å². The van der Waals surface area contributed by atoms with E-state index in [2.05, 4.69) is 20.0 Å². The first-order valence-corrected chi connectivity index (χ1v) is 12.6. The molecule has 0 radical (unpaired) electrons. The Morgan fingerprint density at radius 2 is 1.87 bits per heavy atom. The summed E-state index contributed by atoms with van der Waals surface area (Å²) in [6.45, 7) is 4.00. The molecule has 1 unspecified atom stereocenters. The van der Waals surface area contributed by atoms with Gasteiger partial charge in [-0.3, -0.25) is 14.9 Å². The first kappa shape index (κ1) is 23.3. The van der Waals surface area contributed by atoms with Gasteiger partial charge in [0.2, 0.25) is 22.1 Å². The number of benzene rings is 2. The highest BCUT2D eigenvalue weighted by Crippen LogP contribution is 2.37. The van der Waals surface area contributed by atoms with E-state index in [-0.39, 0.29) is 11.8 Å². The first-order chi connectivity index (χ1) is 15.1. The van der Waals surface area contributed by atoms with Crippen molar-refractivity contribution in [3.05, 3.63) is 60.2 Å². The standard InChI is InChI=1S/C22H24N4O2S3/c1-3-9-18(27)23-16-12-8-13-17(14-16)30-19(15-10-6-5-7-11-15)20(28)24-21-25-22(26-31-21)29-4-2/h5-8,10-14,19H,3-4,9H2,1-2H3,(H,23,27)(H,24,25,26,28). The molecule has 0 saturated carbocycles. The second kappa shape index (κ2) is 11.9. The number of amides is 2. The maximum absolute atomic E-state index is 13.2. The largest absolute Gasteiger partial charge is 0.326 e. The van der Waals surface area contributed by atoms with Crippen molar-refractivity contribution >= 4 is 57.7 Å². The lowest BCUT2D eigenvalue weighted by molar-refractivity contribution is -0.116. The molecule has 0 aliphatic rings. The average molecular weight is 473 g/mol. The lowest BCUT2D eigenvalue weighted by atomic mass is 10.1. The SMILES string of the molecule is CCCC(=O)Nc1cccc(SC(C(=O)Nc2nc(SCC)ns2)c2ccccc2)c1. The fourth-order valence-corrected chi connectivity index (χ4v) is 5.11. The molecule has 0 spiro atoms. The highest BCUT2D eigenvalue weighted by Gasteiger charge is 2.23.